The van der Waals surface area contributed by atoms with Gasteiger partial charge >= 0.3 is 0 Å². The molecule has 0 aromatic heterocycles. The van der Waals surface area contributed by atoms with Gasteiger partial charge in [0.15, 0.2) is 0 Å². The van der Waals surface area contributed by atoms with E-state index in [9.17, 15) is 4.79 Å². The van der Waals surface area contributed by atoms with Crippen molar-refractivity contribution in [3.63, 3.8) is 0 Å². The zero-order chi connectivity index (χ0) is 16.0. The van der Waals surface area contributed by atoms with Gasteiger partial charge in [-0.25, -0.2) is 0 Å². The number of nitrogens with one attached hydrogen (secondary N) is 1. The molecule has 0 saturated carbocycles. The Labute approximate surface area is 143 Å². The Hall–Kier alpha value is -1.50. The molecule has 0 spiro atoms. The second-order valence-electron chi connectivity index (χ2n) is 5.58. The topological polar surface area (TPSA) is 82.8 Å². The highest BCUT2D eigenvalue weighted by molar-refractivity contribution is 5.86. The second-order valence-corrected chi connectivity index (χ2v) is 5.58. The van der Waals surface area contributed by atoms with Crippen LogP contribution in [0.25, 0.3) is 0 Å². The maximum absolute atomic E-state index is 12.2. The predicted octanol–water partition coefficient (Wildman–Crippen LogP) is 1.51. The first-order valence-corrected chi connectivity index (χ1v) is 7.49. The van der Waals surface area contributed by atoms with Gasteiger partial charge in [-0.15, -0.1) is 12.4 Å². The van der Waals surface area contributed by atoms with Gasteiger partial charge in [-0.05, 0) is 44.0 Å². The minimum absolute atomic E-state index is 0. The van der Waals surface area contributed by atoms with Crippen LogP contribution in [0.15, 0.2) is 24.3 Å². The first kappa shape index (κ1) is 19.5. The van der Waals surface area contributed by atoms with Gasteiger partial charge in [0.2, 0.25) is 5.91 Å². The lowest BCUT2D eigenvalue weighted by Crippen LogP contribution is -2.57. The molecule has 3 N–H and O–H groups in total. The van der Waals surface area contributed by atoms with Crippen molar-refractivity contribution in [2.24, 2.45) is 5.73 Å². The quantitative estimate of drug-likeness (QED) is 0.817. The van der Waals surface area contributed by atoms with Crippen LogP contribution < -0.4 is 20.5 Å². The fraction of sp³-hybridized carbons (Fsp3) is 0.562. The summed E-state index contributed by atoms with van der Waals surface area (Å²) in [5, 5.41) is 2.87. The number of hydrogen-bond acceptors (Lipinski definition) is 5. The van der Waals surface area contributed by atoms with E-state index in [1.54, 1.807) is 7.11 Å². The number of hydrogen-bond donors (Lipinski definition) is 2. The lowest BCUT2D eigenvalue weighted by Gasteiger charge is -2.32. The fourth-order valence-electron chi connectivity index (χ4n) is 2.30. The Kier molecular flexibility index (Phi) is 7.61. The van der Waals surface area contributed by atoms with E-state index in [2.05, 4.69) is 5.32 Å². The van der Waals surface area contributed by atoms with Crippen molar-refractivity contribution in [1.82, 2.24) is 5.32 Å². The van der Waals surface area contributed by atoms with Crippen LogP contribution in [0.5, 0.6) is 11.5 Å². The molecule has 6 nitrogen and oxygen atoms in total. The highest BCUT2D eigenvalue weighted by Crippen LogP contribution is 2.19. The number of carbonyl (C=O) groups is 1. The number of carbonyl (C=O) groups excluding carboxylic acids is 1. The van der Waals surface area contributed by atoms with Crippen molar-refractivity contribution in [1.29, 1.82) is 0 Å². The molecule has 1 atom stereocenters. The largest absolute Gasteiger partial charge is 0.497 e. The van der Waals surface area contributed by atoms with E-state index in [-0.39, 0.29) is 24.4 Å². The SMILES string of the molecule is COc1ccc(OC(C)CNC(=O)C2(N)CCOCC2)cc1.Cl. The minimum atomic E-state index is -0.821. The van der Waals surface area contributed by atoms with E-state index in [0.717, 1.165) is 11.5 Å². The zero-order valence-corrected chi connectivity index (χ0v) is 14.4. The number of rotatable bonds is 6. The van der Waals surface area contributed by atoms with Crippen LogP contribution in [-0.4, -0.2) is 44.4 Å². The third kappa shape index (κ3) is 5.57. The Balaban J connectivity index is 0.00000264. The van der Waals surface area contributed by atoms with Crippen LogP contribution in [-0.2, 0) is 9.53 Å². The van der Waals surface area contributed by atoms with Crippen LogP contribution in [0, 0.1) is 0 Å². The van der Waals surface area contributed by atoms with Gasteiger partial charge < -0.3 is 25.3 Å². The van der Waals surface area contributed by atoms with E-state index >= 15 is 0 Å². The summed E-state index contributed by atoms with van der Waals surface area (Å²) in [7, 11) is 1.62. The van der Waals surface area contributed by atoms with Gasteiger partial charge in [0.25, 0.3) is 0 Å². The monoisotopic (exact) mass is 344 g/mol. The molecule has 1 saturated heterocycles. The summed E-state index contributed by atoms with van der Waals surface area (Å²) >= 11 is 0. The fourth-order valence-corrected chi connectivity index (χ4v) is 2.30. The molecule has 1 aliphatic rings. The van der Waals surface area contributed by atoms with Crippen molar-refractivity contribution in [2.75, 3.05) is 26.9 Å². The smallest absolute Gasteiger partial charge is 0.240 e. The summed E-state index contributed by atoms with van der Waals surface area (Å²) in [6.45, 7) is 3.37. The predicted molar refractivity (Wildman–Crippen MR) is 90.3 cm³/mol. The summed E-state index contributed by atoms with van der Waals surface area (Å²) in [4.78, 5) is 12.2. The molecular weight excluding hydrogens is 320 g/mol. The first-order chi connectivity index (χ1) is 10.5. The van der Waals surface area contributed by atoms with Crippen LogP contribution in [0.2, 0.25) is 0 Å². The molecule has 7 heteroatoms. The van der Waals surface area contributed by atoms with Gasteiger partial charge in [0, 0.05) is 13.2 Å². The lowest BCUT2D eigenvalue weighted by atomic mass is 9.90. The average Bonchev–Trinajstić information content (AvgIpc) is 2.54. The maximum Gasteiger partial charge on any atom is 0.240 e. The molecule has 1 aromatic rings. The van der Waals surface area contributed by atoms with Crippen LogP contribution in [0.3, 0.4) is 0 Å². The molecule has 0 radical (unpaired) electrons. The van der Waals surface area contributed by atoms with E-state index in [0.29, 0.717) is 32.6 Å². The van der Waals surface area contributed by atoms with Crippen molar-refractivity contribution >= 4 is 18.3 Å². The molecule has 1 unspecified atom stereocenters. The molecule has 1 amide bonds. The first-order valence-electron chi connectivity index (χ1n) is 7.49. The highest BCUT2D eigenvalue weighted by atomic mass is 35.5. The molecule has 1 heterocycles. The van der Waals surface area contributed by atoms with E-state index in [4.69, 9.17) is 19.9 Å². The molecule has 1 aliphatic heterocycles. The third-order valence-corrected chi connectivity index (χ3v) is 3.78. The van der Waals surface area contributed by atoms with E-state index in [1.165, 1.54) is 0 Å². The van der Waals surface area contributed by atoms with Crippen molar-refractivity contribution in [3.8, 4) is 11.5 Å². The molecule has 2 rings (SSSR count). The Morgan fingerprint density at radius 3 is 2.43 bits per heavy atom. The van der Waals surface area contributed by atoms with Gasteiger partial charge in [-0.2, -0.15) is 0 Å². The second kappa shape index (κ2) is 8.96. The standard InChI is InChI=1S/C16H24N2O4.ClH/c1-12(22-14-5-3-13(20-2)4-6-14)11-18-15(19)16(17)7-9-21-10-8-16;/h3-6,12H,7-11,17H2,1-2H3,(H,18,19);1H. The van der Waals surface area contributed by atoms with Crippen molar-refractivity contribution < 1.29 is 19.0 Å². The Morgan fingerprint density at radius 2 is 1.87 bits per heavy atom. The van der Waals surface area contributed by atoms with Crippen LogP contribution in [0.4, 0.5) is 0 Å². The summed E-state index contributed by atoms with van der Waals surface area (Å²) in [5.41, 5.74) is 5.31. The van der Waals surface area contributed by atoms with Gasteiger partial charge in [0.05, 0.1) is 19.2 Å². The average molecular weight is 345 g/mol. The van der Waals surface area contributed by atoms with Gasteiger partial charge in [0.1, 0.15) is 17.6 Å². The maximum atomic E-state index is 12.2. The molecule has 1 aromatic carbocycles. The van der Waals surface area contributed by atoms with E-state index in [1.807, 2.05) is 31.2 Å². The molecule has 23 heavy (non-hydrogen) atoms. The summed E-state index contributed by atoms with van der Waals surface area (Å²) in [6, 6.07) is 7.33. The van der Waals surface area contributed by atoms with Crippen LogP contribution in [0.1, 0.15) is 19.8 Å². The molecule has 0 aliphatic carbocycles. The normalized spacial score (nSPS) is 17.5. The zero-order valence-electron chi connectivity index (χ0n) is 13.5. The van der Waals surface area contributed by atoms with Crippen molar-refractivity contribution in [3.05, 3.63) is 24.3 Å². The molecular formula is C16H25ClN2O4. The number of benzene rings is 1. The Bertz CT molecular complexity index is 489. The molecule has 1 fully saturated rings. The van der Waals surface area contributed by atoms with Crippen molar-refractivity contribution in [2.45, 2.75) is 31.4 Å². The highest BCUT2D eigenvalue weighted by Gasteiger charge is 2.35. The minimum Gasteiger partial charge on any atom is -0.497 e. The summed E-state index contributed by atoms with van der Waals surface area (Å²) in [6.07, 6.45) is 0.944. The lowest BCUT2D eigenvalue weighted by molar-refractivity contribution is -0.130. The number of ether oxygens (including phenoxy) is 3. The van der Waals surface area contributed by atoms with Gasteiger partial charge in [-0.1, -0.05) is 0 Å². The van der Waals surface area contributed by atoms with E-state index < -0.39 is 5.54 Å². The molecule has 0 bridgehead atoms. The van der Waals surface area contributed by atoms with Gasteiger partial charge in [-0.3, -0.25) is 4.79 Å². The summed E-state index contributed by atoms with van der Waals surface area (Å²) < 4.78 is 16.1. The number of methoxy groups -OCH3 is 1. The Morgan fingerprint density at radius 1 is 1.30 bits per heavy atom. The number of nitrogens with two attached hydrogens (primary N) is 1. The van der Waals surface area contributed by atoms with Crippen LogP contribution >= 0.6 is 12.4 Å². The third-order valence-electron chi connectivity index (χ3n) is 3.78. The molecule has 130 valence electrons. The number of amides is 1. The number of halogens is 1. The summed E-state index contributed by atoms with van der Waals surface area (Å²) in [5.74, 6) is 1.37.